The van der Waals surface area contributed by atoms with Crippen molar-refractivity contribution >= 4 is 5.69 Å². The van der Waals surface area contributed by atoms with Crippen molar-refractivity contribution in [2.24, 2.45) is 0 Å². The fourth-order valence-electron chi connectivity index (χ4n) is 2.40. The maximum absolute atomic E-state index is 5.82. The average Bonchev–Trinajstić information content (AvgIpc) is 3.07. The number of nitrogen functional groups attached to an aromatic ring is 1. The summed E-state index contributed by atoms with van der Waals surface area (Å²) in [6, 6.07) is 13.2. The second kappa shape index (κ2) is 7.04. The predicted molar refractivity (Wildman–Crippen MR) is 94.0 cm³/mol. The van der Waals surface area contributed by atoms with Gasteiger partial charge >= 0.3 is 0 Å². The van der Waals surface area contributed by atoms with Crippen LogP contribution >= 0.6 is 0 Å². The minimum Gasteiger partial charge on any atom is -0.490 e. The summed E-state index contributed by atoms with van der Waals surface area (Å²) in [5.41, 5.74) is 8.24. The number of hydrogen-bond acceptors (Lipinski definition) is 5. The van der Waals surface area contributed by atoms with Crippen LogP contribution in [0.1, 0.15) is 13.8 Å². The minimum atomic E-state index is 0.564. The van der Waals surface area contributed by atoms with Gasteiger partial charge in [-0.15, -0.1) is 0 Å². The molecule has 0 atom stereocenters. The molecule has 0 saturated heterocycles. The molecule has 0 aliphatic heterocycles. The first-order valence-corrected chi connectivity index (χ1v) is 7.89. The fourth-order valence-corrected chi connectivity index (χ4v) is 2.40. The zero-order chi connectivity index (χ0) is 16.9. The summed E-state index contributed by atoms with van der Waals surface area (Å²) in [6.45, 7) is 5.03. The van der Waals surface area contributed by atoms with Crippen LogP contribution in [0.15, 0.2) is 42.5 Å². The predicted octanol–water partition coefficient (Wildman–Crippen LogP) is 3.52. The van der Waals surface area contributed by atoms with E-state index in [0.717, 1.165) is 16.9 Å². The lowest BCUT2D eigenvalue weighted by molar-refractivity contribution is 0.288. The smallest absolute Gasteiger partial charge is 0.181 e. The molecule has 0 bridgehead atoms. The molecular weight excluding hydrogens is 304 g/mol. The normalized spacial score (nSPS) is 10.6. The Morgan fingerprint density at radius 3 is 2.50 bits per heavy atom. The third-order valence-corrected chi connectivity index (χ3v) is 3.45. The van der Waals surface area contributed by atoms with E-state index in [4.69, 9.17) is 15.2 Å². The quantitative estimate of drug-likeness (QED) is 0.678. The van der Waals surface area contributed by atoms with Gasteiger partial charge in [0.1, 0.15) is 0 Å². The molecule has 0 aliphatic rings. The first-order valence-electron chi connectivity index (χ1n) is 7.89. The van der Waals surface area contributed by atoms with E-state index in [0.29, 0.717) is 36.3 Å². The van der Waals surface area contributed by atoms with Crippen LogP contribution in [0.3, 0.4) is 0 Å². The van der Waals surface area contributed by atoms with E-state index in [-0.39, 0.29) is 0 Å². The number of anilines is 1. The van der Waals surface area contributed by atoms with E-state index in [1.807, 2.05) is 56.3 Å². The van der Waals surface area contributed by atoms with Crippen molar-refractivity contribution in [3.63, 3.8) is 0 Å². The topological polar surface area (TPSA) is 86.0 Å². The lowest BCUT2D eigenvalue weighted by Gasteiger charge is -2.11. The standard InChI is InChI=1S/C18H20N4O2/c1-3-23-15-9-8-13(11-16(15)24-4-2)18-20-17(21-22-18)12-6-5-7-14(19)10-12/h5-11H,3-4,19H2,1-2H3,(H,20,21,22). The highest BCUT2D eigenvalue weighted by molar-refractivity contribution is 5.66. The molecule has 0 unspecified atom stereocenters. The van der Waals surface area contributed by atoms with Crippen molar-refractivity contribution in [2.45, 2.75) is 13.8 Å². The molecular formula is C18H20N4O2. The molecule has 3 aromatic rings. The third kappa shape index (κ3) is 3.32. The molecule has 1 aromatic heterocycles. The minimum absolute atomic E-state index is 0.564. The van der Waals surface area contributed by atoms with Gasteiger partial charge in [-0.2, -0.15) is 5.10 Å². The highest BCUT2D eigenvalue weighted by atomic mass is 16.5. The Morgan fingerprint density at radius 1 is 0.958 bits per heavy atom. The number of nitrogens with one attached hydrogen (secondary N) is 1. The van der Waals surface area contributed by atoms with Gasteiger partial charge in [-0.05, 0) is 44.2 Å². The third-order valence-electron chi connectivity index (χ3n) is 3.45. The molecule has 6 nitrogen and oxygen atoms in total. The number of nitrogens with zero attached hydrogens (tertiary/aromatic N) is 2. The Balaban J connectivity index is 1.93. The number of ether oxygens (including phenoxy) is 2. The van der Waals surface area contributed by atoms with E-state index in [9.17, 15) is 0 Å². The molecule has 0 amide bonds. The van der Waals surface area contributed by atoms with E-state index >= 15 is 0 Å². The van der Waals surface area contributed by atoms with Gasteiger partial charge in [0.05, 0.1) is 13.2 Å². The van der Waals surface area contributed by atoms with Crippen molar-refractivity contribution in [3.05, 3.63) is 42.5 Å². The summed E-state index contributed by atoms with van der Waals surface area (Å²) in [5, 5.41) is 7.24. The zero-order valence-electron chi connectivity index (χ0n) is 13.7. The molecule has 0 aliphatic carbocycles. The van der Waals surface area contributed by atoms with E-state index in [2.05, 4.69) is 15.2 Å². The lowest BCUT2D eigenvalue weighted by atomic mass is 10.2. The number of nitrogens with two attached hydrogens (primary N) is 1. The summed E-state index contributed by atoms with van der Waals surface area (Å²) in [7, 11) is 0. The van der Waals surface area contributed by atoms with Crippen LogP contribution < -0.4 is 15.2 Å². The molecule has 3 rings (SSSR count). The van der Waals surface area contributed by atoms with Crippen LogP contribution in [-0.4, -0.2) is 28.4 Å². The first-order chi connectivity index (χ1) is 11.7. The molecule has 6 heteroatoms. The van der Waals surface area contributed by atoms with Crippen LogP contribution in [0.5, 0.6) is 11.5 Å². The molecule has 24 heavy (non-hydrogen) atoms. The maximum atomic E-state index is 5.82. The largest absolute Gasteiger partial charge is 0.490 e. The van der Waals surface area contributed by atoms with Gasteiger partial charge in [-0.25, -0.2) is 4.98 Å². The van der Waals surface area contributed by atoms with Crippen molar-refractivity contribution in [3.8, 4) is 34.3 Å². The van der Waals surface area contributed by atoms with Crippen molar-refractivity contribution in [1.82, 2.24) is 15.2 Å². The summed E-state index contributed by atoms with van der Waals surface area (Å²) < 4.78 is 11.2. The van der Waals surface area contributed by atoms with Gasteiger partial charge in [0.25, 0.3) is 0 Å². The molecule has 124 valence electrons. The molecule has 0 saturated carbocycles. The number of benzene rings is 2. The molecule has 0 spiro atoms. The zero-order valence-corrected chi connectivity index (χ0v) is 13.7. The average molecular weight is 324 g/mol. The van der Waals surface area contributed by atoms with Crippen LogP contribution in [0, 0.1) is 0 Å². The van der Waals surface area contributed by atoms with Gasteiger partial charge < -0.3 is 15.2 Å². The molecule has 1 heterocycles. The van der Waals surface area contributed by atoms with Gasteiger partial charge in [-0.1, -0.05) is 12.1 Å². The highest BCUT2D eigenvalue weighted by Crippen LogP contribution is 2.32. The summed E-state index contributed by atoms with van der Waals surface area (Å²) >= 11 is 0. The number of hydrogen-bond donors (Lipinski definition) is 2. The second-order valence-electron chi connectivity index (χ2n) is 5.16. The summed E-state index contributed by atoms with van der Waals surface area (Å²) in [5.74, 6) is 2.68. The van der Waals surface area contributed by atoms with Crippen LogP contribution in [0.4, 0.5) is 5.69 Å². The van der Waals surface area contributed by atoms with Crippen LogP contribution in [0.25, 0.3) is 22.8 Å². The molecule has 2 aromatic carbocycles. The molecule has 0 fully saturated rings. The highest BCUT2D eigenvalue weighted by Gasteiger charge is 2.12. The van der Waals surface area contributed by atoms with Crippen molar-refractivity contribution in [2.75, 3.05) is 18.9 Å². The fraction of sp³-hybridized carbons (Fsp3) is 0.222. The van der Waals surface area contributed by atoms with Gasteiger partial charge in [0, 0.05) is 16.8 Å². The van der Waals surface area contributed by atoms with Gasteiger partial charge in [-0.3, -0.25) is 5.10 Å². The molecule has 0 radical (unpaired) electrons. The molecule has 3 N–H and O–H groups in total. The Kier molecular flexibility index (Phi) is 4.65. The number of aromatic nitrogens is 3. The Morgan fingerprint density at radius 2 is 1.75 bits per heavy atom. The number of H-pyrrole nitrogens is 1. The SMILES string of the molecule is CCOc1ccc(-c2nc(-c3cccc(N)c3)n[nH]2)cc1OCC. The second-order valence-corrected chi connectivity index (χ2v) is 5.16. The van der Waals surface area contributed by atoms with Crippen molar-refractivity contribution < 1.29 is 9.47 Å². The Labute approximate surface area is 140 Å². The maximum Gasteiger partial charge on any atom is 0.181 e. The van der Waals surface area contributed by atoms with Gasteiger partial charge in [0.2, 0.25) is 0 Å². The Bertz CT molecular complexity index is 829. The number of aromatic amines is 1. The van der Waals surface area contributed by atoms with Crippen LogP contribution in [-0.2, 0) is 0 Å². The number of rotatable bonds is 6. The first kappa shape index (κ1) is 15.9. The van der Waals surface area contributed by atoms with Crippen molar-refractivity contribution in [1.29, 1.82) is 0 Å². The monoisotopic (exact) mass is 324 g/mol. The summed E-state index contributed by atoms with van der Waals surface area (Å²) in [4.78, 5) is 4.55. The van der Waals surface area contributed by atoms with E-state index in [1.165, 1.54) is 0 Å². The van der Waals surface area contributed by atoms with E-state index < -0.39 is 0 Å². The van der Waals surface area contributed by atoms with E-state index in [1.54, 1.807) is 0 Å². The van der Waals surface area contributed by atoms with Gasteiger partial charge in [0.15, 0.2) is 23.1 Å². The Hall–Kier alpha value is -3.02. The summed E-state index contributed by atoms with van der Waals surface area (Å²) in [6.07, 6.45) is 0. The lowest BCUT2D eigenvalue weighted by Crippen LogP contribution is -1.98. The van der Waals surface area contributed by atoms with Crippen LogP contribution in [0.2, 0.25) is 0 Å².